The van der Waals surface area contributed by atoms with Crippen LogP contribution in [0.1, 0.15) is 10.4 Å². The number of amides is 1. The van der Waals surface area contributed by atoms with Crippen molar-refractivity contribution in [3.05, 3.63) is 82.2 Å². The van der Waals surface area contributed by atoms with Gasteiger partial charge in [-0.25, -0.2) is 4.39 Å². The number of non-ortho nitro benzene ring substituents is 1. The van der Waals surface area contributed by atoms with Crippen molar-refractivity contribution in [2.45, 2.75) is 9.79 Å². The standard InChI is InChI=1S/C22H17FN2O6S/c23-17-3-1-2-4-21(17)32-20-8-5-14(25(27)28)11-16(20)22(26)24-9-10-29-15-6-7-18-19(12-15)31-13-30-18/h1-8,11-12H,9-10,13H2,(H,24,26). The van der Waals surface area contributed by atoms with Crippen LogP contribution in [0.3, 0.4) is 0 Å². The van der Waals surface area contributed by atoms with Crippen molar-refractivity contribution in [1.29, 1.82) is 0 Å². The Kier molecular flexibility index (Phi) is 6.41. The molecule has 8 nitrogen and oxygen atoms in total. The molecule has 0 unspecified atom stereocenters. The molecule has 164 valence electrons. The molecule has 32 heavy (non-hydrogen) atoms. The van der Waals surface area contributed by atoms with E-state index < -0.39 is 16.6 Å². The monoisotopic (exact) mass is 456 g/mol. The van der Waals surface area contributed by atoms with Gasteiger partial charge in [0.25, 0.3) is 11.6 Å². The SMILES string of the molecule is O=C(NCCOc1ccc2c(c1)OCO2)c1cc([N+](=O)[O-])ccc1Sc1ccccc1F. The molecule has 4 rings (SSSR count). The summed E-state index contributed by atoms with van der Waals surface area (Å²) in [5.74, 6) is 0.796. The number of rotatable bonds is 8. The molecule has 0 radical (unpaired) electrons. The fraction of sp³-hybridized carbons (Fsp3) is 0.136. The van der Waals surface area contributed by atoms with Crippen LogP contribution >= 0.6 is 11.8 Å². The van der Waals surface area contributed by atoms with Gasteiger partial charge in [0.2, 0.25) is 6.79 Å². The molecule has 0 aromatic heterocycles. The van der Waals surface area contributed by atoms with Gasteiger partial charge in [0, 0.05) is 28.0 Å². The molecule has 3 aromatic rings. The van der Waals surface area contributed by atoms with Gasteiger partial charge in [-0.05, 0) is 30.3 Å². The molecule has 1 heterocycles. The fourth-order valence-corrected chi connectivity index (χ4v) is 3.89. The molecule has 10 heteroatoms. The average Bonchev–Trinajstić information content (AvgIpc) is 3.26. The number of hydrogen-bond acceptors (Lipinski definition) is 7. The highest BCUT2D eigenvalue weighted by molar-refractivity contribution is 7.99. The highest BCUT2D eigenvalue weighted by Gasteiger charge is 2.19. The number of benzene rings is 3. The summed E-state index contributed by atoms with van der Waals surface area (Å²) in [7, 11) is 0. The minimum Gasteiger partial charge on any atom is -0.492 e. The Morgan fingerprint density at radius 2 is 1.91 bits per heavy atom. The first kappa shape index (κ1) is 21.4. The lowest BCUT2D eigenvalue weighted by Crippen LogP contribution is -2.28. The van der Waals surface area contributed by atoms with Crippen LogP contribution in [0.15, 0.2) is 70.5 Å². The number of ether oxygens (including phenoxy) is 3. The van der Waals surface area contributed by atoms with Crippen LogP contribution in [0, 0.1) is 15.9 Å². The summed E-state index contributed by atoms with van der Waals surface area (Å²) in [6.45, 7) is 0.473. The average molecular weight is 456 g/mol. The van der Waals surface area contributed by atoms with Gasteiger partial charge in [-0.3, -0.25) is 14.9 Å². The number of nitro benzene ring substituents is 1. The smallest absolute Gasteiger partial charge is 0.270 e. The van der Waals surface area contributed by atoms with Gasteiger partial charge in [0.1, 0.15) is 18.2 Å². The Morgan fingerprint density at radius 1 is 1.09 bits per heavy atom. The first-order valence-corrected chi connectivity index (χ1v) is 10.3. The van der Waals surface area contributed by atoms with E-state index in [2.05, 4.69) is 5.32 Å². The fourth-order valence-electron chi connectivity index (χ4n) is 2.94. The van der Waals surface area contributed by atoms with E-state index in [1.54, 1.807) is 36.4 Å². The number of carbonyl (C=O) groups is 1. The molecule has 0 saturated carbocycles. The second-order valence-corrected chi connectivity index (χ2v) is 7.67. The van der Waals surface area contributed by atoms with E-state index >= 15 is 0 Å². The third kappa shape index (κ3) is 4.92. The molecule has 0 saturated heterocycles. The van der Waals surface area contributed by atoms with Crippen LogP contribution in [0.2, 0.25) is 0 Å². The molecule has 3 aromatic carbocycles. The number of carbonyl (C=O) groups excluding carboxylic acids is 1. The lowest BCUT2D eigenvalue weighted by atomic mass is 10.2. The first-order chi connectivity index (χ1) is 15.5. The summed E-state index contributed by atoms with van der Waals surface area (Å²) >= 11 is 1.02. The minimum atomic E-state index is -0.586. The predicted molar refractivity (Wildman–Crippen MR) is 114 cm³/mol. The van der Waals surface area contributed by atoms with E-state index in [4.69, 9.17) is 14.2 Å². The Labute approximate surface area is 186 Å². The second kappa shape index (κ2) is 9.56. The quantitative estimate of drug-likeness (QED) is 0.304. The number of nitro groups is 1. The van der Waals surface area contributed by atoms with Gasteiger partial charge >= 0.3 is 0 Å². The normalized spacial score (nSPS) is 11.8. The van der Waals surface area contributed by atoms with Crippen molar-refractivity contribution >= 4 is 23.4 Å². The number of nitrogens with one attached hydrogen (secondary N) is 1. The molecule has 0 bridgehead atoms. The molecular weight excluding hydrogens is 439 g/mol. The van der Waals surface area contributed by atoms with Gasteiger partial charge in [-0.1, -0.05) is 23.9 Å². The summed E-state index contributed by atoms with van der Waals surface area (Å²) in [5, 5.41) is 13.8. The van der Waals surface area contributed by atoms with Crippen LogP contribution in [-0.2, 0) is 0 Å². The van der Waals surface area contributed by atoms with E-state index in [0.29, 0.717) is 27.0 Å². The zero-order chi connectivity index (χ0) is 22.5. The molecule has 1 N–H and O–H groups in total. The van der Waals surface area contributed by atoms with Crippen molar-refractivity contribution in [3.63, 3.8) is 0 Å². The molecular formula is C22H17FN2O6S. The first-order valence-electron chi connectivity index (χ1n) is 9.53. The third-order valence-corrected chi connectivity index (χ3v) is 5.60. The number of hydrogen-bond donors (Lipinski definition) is 1. The maximum absolute atomic E-state index is 14.0. The van der Waals surface area contributed by atoms with Crippen molar-refractivity contribution in [2.24, 2.45) is 0 Å². The van der Waals surface area contributed by atoms with Gasteiger partial charge in [0.15, 0.2) is 11.5 Å². The maximum Gasteiger partial charge on any atom is 0.270 e. The van der Waals surface area contributed by atoms with Crippen LogP contribution in [0.25, 0.3) is 0 Å². The summed E-state index contributed by atoms with van der Waals surface area (Å²) in [5.41, 5.74) is -0.153. The van der Waals surface area contributed by atoms with Crippen LogP contribution in [0.5, 0.6) is 17.2 Å². The Morgan fingerprint density at radius 3 is 2.72 bits per heavy atom. The van der Waals surface area contributed by atoms with E-state index in [-0.39, 0.29) is 31.2 Å². The maximum atomic E-state index is 14.0. The Balaban J connectivity index is 1.42. The van der Waals surface area contributed by atoms with Gasteiger partial charge in [-0.2, -0.15) is 0 Å². The molecule has 1 amide bonds. The highest BCUT2D eigenvalue weighted by atomic mass is 32.2. The zero-order valence-corrected chi connectivity index (χ0v) is 17.4. The summed E-state index contributed by atoms with van der Waals surface area (Å²) in [4.78, 5) is 24.0. The molecule has 0 atom stereocenters. The lowest BCUT2D eigenvalue weighted by Gasteiger charge is -2.11. The molecule has 0 aliphatic carbocycles. The highest BCUT2D eigenvalue weighted by Crippen LogP contribution is 2.35. The van der Waals surface area contributed by atoms with Crippen molar-refractivity contribution in [1.82, 2.24) is 5.32 Å². The predicted octanol–water partition coefficient (Wildman–Crippen LogP) is 4.42. The third-order valence-electron chi connectivity index (χ3n) is 4.48. The number of halogens is 1. The number of fused-ring (bicyclic) bond motifs is 1. The zero-order valence-electron chi connectivity index (χ0n) is 16.6. The van der Waals surface area contributed by atoms with Crippen LogP contribution in [0.4, 0.5) is 10.1 Å². The van der Waals surface area contributed by atoms with E-state index in [9.17, 15) is 19.3 Å². The van der Waals surface area contributed by atoms with Crippen LogP contribution < -0.4 is 19.5 Å². The minimum absolute atomic E-state index is 0.0792. The second-order valence-electron chi connectivity index (χ2n) is 6.59. The summed E-state index contributed by atoms with van der Waals surface area (Å²) < 4.78 is 30.2. The van der Waals surface area contributed by atoms with Gasteiger partial charge in [0.05, 0.1) is 17.0 Å². The van der Waals surface area contributed by atoms with Gasteiger partial charge in [-0.15, -0.1) is 0 Å². The largest absolute Gasteiger partial charge is 0.492 e. The number of nitrogens with zero attached hydrogens (tertiary/aromatic N) is 1. The molecule has 1 aliphatic heterocycles. The van der Waals surface area contributed by atoms with Crippen molar-refractivity contribution in [3.8, 4) is 17.2 Å². The Bertz CT molecular complexity index is 1170. The van der Waals surface area contributed by atoms with E-state index in [0.717, 1.165) is 11.8 Å². The Hall–Kier alpha value is -3.79. The van der Waals surface area contributed by atoms with Gasteiger partial charge < -0.3 is 19.5 Å². The molecule has 0 fully saturated rings. The summed E-state index contributed by atoms with van der Waals surface area (Å²) in [6.07, 6.45) is 0. The topological polar surface area (TPSA) is 99.9 Å². The summed E-state index contributed by atoms with van der Waals surface area (Å²) in [6, 6.07) is 15.1. The van der Waals surface area contributed by atoms with E-state index in [1.165, 1.54) is 24.3 Å². The molecule has 0 spiro atoms. The van der Waals surface area contributed by atoms with Crippen LogP contribution in [-0.4, -0.2) is 30.8 Å². The van der Waals surface area contributed by atoms with E-state index in [1.807, 2.05) is 0 Å². The molecule has 1 aliphatic rings. The lowest BCUT2D eigenvalue weighted by molar-refractivity contribution is -0.384. The van der Waals surface area contributed by atoms with Crippen molar-refractivity contribution < 1.29 is 28.3 Å². The van der Waals surface area contributed by atoms with Crippen molar-refractivity contribution in [2.75, 3.05) is 19.9 Å².